The molecule has 0 aromatic carbocycles. The smallest absolute Gasteiger partial charge is 0.271 e. The highest BCUT2D eigenvalue weighted by Crippen LogP contribution is 2.17. The van der Waals surface area contributed by atoms with Crippen molar-refractivity contribution in [3.8, 4) is 0 Å². The van der Waals surface area contributed by atoms with Crippen molar-refractivity contribution in [1.29, 1.82) is 0 Å². The van der Waals surface area contributed by atoms with Crippen LogP contribution in [0.15, 0.2) is 12.1 Å². The third-order valence-corrected chi connectivity index (χ3v) is 3.49. The van der Waals surface area contributed by atoms with Crippen LogP contribution < -0.4 is 10.6 Å². The molecule has 0 radical (unpaired) electrons. The molecule has 1 aromatic rings. The first-order chi connectivity index (χ1) is 9.70. The number of hydrogen-bond donors (Lipinski definition) is 2. The largest absolute Gasteiger partial charge is 0.376 e. The number of hydrogen-bond acceptors (Lipinski definition) is 4. The molecule has 1 atom stereocenters. The van der Waals surface area contributed by atoms with Crippen molar-refractivity contribution in [2.75, 3.05) is 25.0 Å². The first kappa shape index (κ1) is 15.1. The first-order valence-corrected chi connectivity index (χ1v) is 7.38. The maximum absolute atomic E-state index is 12.1. The van der Waals surface area contributed by atoms with E-state index >= 15 is 0 Å². The van der Waals surface area contributed by atoms with Crippen molar-refractivity contribution in [2.45, 2.75) is 32.3 Å². The van der Waals surface area contributed by atoms with Gasteiger partial charge in [-0.2, -0.15) is 0 Å². The predicted molar refractivity (Wildman–Crippen MR) is 79.3 cm³/mol. The van der Waals surface area contributed by atoms with E-state index in [-0.39, 0.29) is 17.7 Å². The fraction of sp³-hybridized carbons (Fsp3) is 0.571. The summed E-state index contributed by atoms with van der Waals surface area (Å²) in [5.74, 6) is 0.389. The van der Waals surface area contributed by atoms with E-state index in [1.165, 1.54) is 0 Å². The van der Waals surface area contributed by atoms with Crippen molar-refractivity contribution in [1.82, 2.24) is 10.3 Å². The summed E-state index contributed by atoms with van der Waals surface area (Å²) in [4.78, 5) is 16.4. The van der Waals surface area contributed by atoms with Gasteiger partial charge >= 0.3 is 0 Å². The molecule has 1 saturated heterocycles. The summed E-state index contributed by atoms with van der Waals surface area (Å²) in [5.41, 5.74) is 0.251. The molecule has 0 spiro atoms. The maximum atomic E-state index is 12.1. The fourth-order valence-corrected chi connectivity index (χ4v) is 2.33. The molecule has 1 amide bonds. The number of ether oxygens (including phenoxy) is 1. The Morgan fingerprint density at radius 3 is 3.05 bits per heavy atom. The minimum atomic E-state index is -0.260. The molecule has 1 aliphatic rings. The first-order valence-electron chi connectivity index (χ1n) is 7.01. The molecule has 0 aliphatic carbocycles. The molecule has 0 saturated carbocycles. The summed E-state index contributed by atoms with van der Waals surface area (Å²) in [7, 11) is 0. The molecule has 110 valence electrons. The summed E-state index contributed by atoms with van der Waals surface area (Å²) in [5, 5.41) is 6.26. The van der Waals surface area contributed by atoms with E-state index in [9.17, 15) is 4.79 Å². The van der Waals surface area contributed by atoms with Gasteiger partial charge in [-0.05, 0) is 38.3 Å². The van der Waals surface area contributed by atoms with Crippen LogP contribution in [0.5, 0.6) is 0 Å². The molecular weight excluding hydrogens is 278 g/mol. The van der Waals surface area contributed by atoms with Gasteiger partial charge in [0.2, 0.25) is 0 Å². The highest BCUT2D eigenvalue weighted by atomic mass is 35.5. The number of carbonyl (C=O) groups excluding carboxylic acids is 1. The van der Waals surface area contributed by atoms with Gasteiger partial charge in [-0.1, -0.05) is 11.6 Å². The average molecular weight is 298 g/mol. The normalized spacial score (nSPS) is 18.6. The molecule has 2 N–H and O–H groups in total. The topological polar surface area (TPSA) is 63.2 Å². The highest BCUT2D eigenvalue weighted by molar-refractivity contribution is 6.33. The summed E-state index contributed by atoms with van der Waals surface area (Å²) >= 11 is 6.03. The van der Waals surface area contributed by atoms with Gasteiger partial charge in [-0.3, -0.25) is 4.79 Å². The van der Waals surface area contributed by atoms with Crippen molar-refractivity contribution < 1.29 is 9.53 Å². The van der Waals surface area contributed by atoms with Crippen molar-refractivity contribution in [3.63, 3.8) is 0 Å². The van der Waals surface area contributed by atoms with Gasteiger partial charge in [-0.25, -0.2) is 4.98 Å². The molecule has 1 aromatic heterocycles. The van der Waals surface area contributed by atoms with Gasteiger partial charge in [0.1, 0.15) is 11.5 Å². The molecule has 1 fully saturated rings. The molecule has 6 heteroatoms. The second-order valence-electron chi connectivity index (χ2n) is 4.76. The zero-order valence-corrected chi connectivity index (χ0v) is 12.4. The number of nitrogens with one attached hydrogen (secondary N) is 2. The Morgan fingerprint density at radius 1 is 1.50 bits per heavy atom. The van der Waals surface area contributed by atoms with Gasteiger partial charge in [-0.15, -0.1) is 0 Å². The fourth-order valence-electron chi connectivity index (χ4n) is 2.14. The summed E-state index contributed by atoms with van der Waals surface area (Å²) in [6.07, 6.45) is 3.33. The quantitative estimate of drug-likeness (QED) is 0.876. The lowest BCUT2D eigenvalue weighted by Gasteiger charge is -2.22. The molecule has 1 aliphatic heterocycles. The minimum Gasteiger partial charge on any atom is -0.376 e. The van der Waals surface area contributed by atoms with Crippen molar-refractivity contribution in [3.05, 3.63) is 22.8 Å². The number of nitrogens with zero attached hydrogens (tertiary/aromatic N) is 1. The van der Waals surface area contributed by atoms with Crippen LogP contribution in [0.3, 0.4) is 0 Å². The Labute approximate surface area is 124 Å². The van der Waals surface area contributed by atoms with Crippen LogP contribution in [-0.4, -0.2) is 36.7 Å². The maximum Gasteiger partial charge on any atom is 0.271 e. The van der Waals surface area contributed by atoms with E-state index in [1.807, 2.05) is 6.92 Å². The second kappa shape index (κ2) is 7.45. The summed E-state index contributed by atoms with van der Waals surface area (Å²) < 4.78 is 5.58. The lowest BCUT2D eigenvalue weighted by atomic mass is 10.1. The number of aromatic nitrogens is 1. The number of halogens is 1. The lowest BCUT2D eigenvalue weighted by molar-refractivity contribution is 0.0168. The lowest BCUT2D eigenvalue weighted by Crippen LogP contribution is -2.36. The molecule has 2 heterocycles. The van der Waals surface area contributed by atoms with Gasteiger partial charge in [0.05, 0.1) is 11.1 Å². The predicted octanol–water partition coefficient (Wildman–Crippen LogP) is 2.47. The molecule has 2 rings (SSSR count). The molecule has 1 unspecified atom stereocenters. The van der Waals surface area contributed by atoms with E-state index in [2.05, 4.69) is 15.6 Å². The van der Waals surface area contributed by atoms with Gasteiger partial charge < -0.3 is 15.4 Å². The van der Waals surface area contributed by atoms with E-state index in [0.717, 1.165) is 32.4 Å². The van der Waals surface area contributed by atoms with Crippen LogP contribution in [0.4, 0.5) is 5.82 Å². The third kappa shape index (κ3) is 4.08. The van der Waals surface area contributed by atoms with Crippen LogP contribution in [0.2, 0.25) is 5.02 Å². The van der Waals surface area contributed by atoms with Crippen molar-refractivity contribution in [2.24, 2.45) is 0 Å². The van der Waals surface area contributed by atoms with E-state index in [4.69, 9.17) is 16.3 Å². The average Bonchev–Trinajstić information content (AvgIpc) is 2.48. The zero-order valence-electron chi connectivity index (χ0n) is 11.6. The van der Waals surface area contributed by atoms with Crippen LogP contribution in [-0.2, 0) is 4.74 Å². The van der Waals surface area contributed by atoms with Crippen LogP contribution >= 0.6 is 11.6 Å². The Balaban J connectivity index is 1.95. The van der Waals surface area contributed by atoms with Gasteiger partial charge in [0, 0.05) is 19.7 Å². The van der Waals surface area contributed by atoms with Crippen LogP contribution in [0, 0.1) is 0 Å². The monoisotopic (exact) mass is 297 g/mol. The molecule has 0 bridgehead atoms. The SMILES string of the molecule is CCNc1ccc(Cl)c(C(=O)NCC2CCCCO2)n1. The number of carbonyl (C=O) groups is 1. The summed E-state index contributed by atoms with van der Waals surface area (Å²) in [6, 6.07) is 3.44. The Bertz CT molecular complexity index is 462. The van der Waals surface area contributed by atoms with E-state index in [1.54, 1.807) is 12.1 Å². The van der Waals surface area contributed by atoms with Crippen LogP contribution in [0.1, 0.15) is 36.7 Å². The van der Waals surface area contributed by atoms with Gasteiger partial charge in [0.25, 0.3) is 5.91 Å². The minimum absolute atomic E-state index is 0.100. The van der Waals surface area contributed by atoms with Gasteiger partial charge in [0.15, 0.2) is 0 Å². The number of amides is 1. The Morgan fingerprint density at radius 2 is 2.35 bits per heavy atom. The number of rotatable bonds is 5. The molecule has 20 heavy (non-hydrogen) atoms. The Kier molecular flexibility index (Phi) is 5.61. The standard InChI is InChI=1S/C14H20ClN3O2/c1-2-16-12-7-6-11(15)13(18-12)14(19)17-9-10-5-3-4-8-20-10/h6-7,10H,2-5,8-9H2,1H3,(H,16,18)(H,17,19). The number of anilines is 1. The third-order valence-electron chi connectivity index (χ3n) is 3.18. The summed E-state index contributed by atoms with van der Waals surface area (Å²) in [6.45, 7) is 3.99. The van der Waals surface area contributed by atoms with E-state index < -0.39 is 0 Å². The Hall–Kier alpha value is -1.33. The van der Waals surface area contributed by atoms with Crippen molar-refractivity contribution >= 4 is 23.3 Å². The molecular formula is C14H20ClN3O2. The highest BCUT2D eigenvalue weighted by Gasteiger charge is 2.17. The van der Waals surface area contributed by atoms with Crippen LogP contribution in [0.25, 0.3) is 0 Å². The molecule has 5 nitrogen and oxygen atoms in total. The second-order valence-corrected chi connectivity index (χ2v) is 5.16. The number of pyridine rings is 1. The zero-order chi connectivity index (χ0) is 14.4. The van der Waals surface area contributed by atoms with E-state index in [0.29, 0.717) is 17.4 Å².